The van der Waals surface area contributed by atoms with Crippen molar-refractivity contribution in [2.45, 2.75) is 51.2 Å². The van der Waals surface area contributed by atoms with Crippen molar-refractivity contribution in [3.8, 4) is 0 Å². The van der Waals surface area contributed by atoms with Gasteiger partial charge in [0, 0.05) is 13.0 Å². The van der Waals surface area contributed by atoms with Crippen LogP contribution < -0.4 is 0 Å². The highest BCUT2D eigenvalue weighted by Crippen LogP contribution is 2.24. The van der Waals surface area contributed by atoms with Crippen LogP contribution in [0.1, 0.15) is 39.5 Å². The van der Waals surface area contributed by atoms with Crippen molar-refractivity contribution in [2.75, 3.05) is 6.61 Å². The third-order valence-electron chi connectivity index (χ3n) is 2.36. The van der Waals surface area contributed by atoms with E-state index >= 15 is 0 Å². The maximum absolute atomic E-state index is 10.4. The summed E-state index contributed by atoms with van der Waals surface area (Å²) in [7, 11) is 0. The second-order valence-electron chi connectivity index (χ2n) is 4.32. The normalized spacial score (nSPS) is 23.1. The van der Waals surface area contributed by atoms with Gasteiger partial charge in [0.15, 0.2) is 0 Å². The van der Waals surface area contributed by atoms with E-state index < -0.39 is 11.8 Å². The van der Waals surface area contributed by atoms with Crippen LogP contribution >= 0.6 is 0 Å². The fourth-order valence-electron chi connectivity index (χ4n) is 1.79. The van der Waals surface area contributed by atoms with Crippen molar-refractivity contribution < 1.29 is 19.4 Å². The van der Waals surface area contributed by atoms with Gasteiger partial charge in [-0.05, 0) is 33.1 Å². The molecule has 0 bridgehead atoms. The summed E-state index contributed by atoms with van der Waals surface area (Å²) >= 11 is 0. The molecule has 1 unspecified atom stereocenters. The van der Waals surface area contributed by atoms with Crippen molar-refractivity contribution in [1.82, 2.24) is 0 Å². The predicted octanol–water partition coefficient (Wildman–Crippen LogP) is 2.42. The molecule has 0 amide bonds. The predicted molar refractivity (Wildman–Crippen MR) is 51.4 cm³/mol. The highest BCUT2D eigenvalue weighted by Gasteiger charge is 2.28. The summed E-state index contributed by atoms with van der Waals surface area (Å²) in [5, 5.41) is 8.52. The lowest BCUT2D eigenvalue weighted by Gasteiger charge is -2.30. The van der Waals surface area contributed by atoms with Gasteiger partial charge in [-0.25, -0.2) is 4.79 Å². The Bertz CT molecular complexity index is 194. The molecule has 1 aliphatic rings. The van der Waals surface area contributed by atoms with E-state index in [0.717, 1.165) is 25.9 Å². The molecule has 4 heteroatoms. The fourth-order valence-corrected chi connectivity index (χ4v) is 1.79. The number of ether oxygens (including phenoxy) is 2. The van der Waals surface area contributed by atoms with Gasteiger partial charge < -0.3 is 14.6 Å². The van der Waals surface area contributed by atoms with Crippen LogP contribution in [0.25, 0.3) is 0 Å². The second kappa shape index (κ2) is 4.64. The molecule has 1 rings (SSSR count). The van der Waals surface area contributed by atoms with Crippen molar-refractivity contribution in [1.29, 1.82) is 0 Å². The van der Waals surface area contributed by atoms with Crippen molar-refractivity contribution in [3.05, 3.63) is 0 Å². The van der Waals surface area contributed by atoms with Crippen molar-refractivity contribution in [2.24, 2.45) is 0 Å². The van der Waals surface area contributed by atoms with Gasteiger partial charge >= 0.3 is 6.16 Å². The van der Waals surface area contributed by atoms with Crippen LogP contribution in [0.3, 0.4) is 0 Å². The van der Waals surface area contributed by atoms with Crippen LogP contribution in [-0.4, -0.2) is 29.6 Å². The number of carboxylic acid groups (broad SMARTS) is 1. The molecular formula is C10H18O4. The molecule has 0 radical (unpaired) electrons. The van der Waals surface area contributed by atoms with Crippen LogP contribution in [0.4, 0.5) is 4.79 Å². The summed E-state index contributed by atoms with van der Waals surface area (Å²) in [5.74, 6) is 0. The molecule has 0 aromatic heterocycles. The highest BCUT2D eigenvalue weighted by atomic mass is 16.7. The first-order valence-electron chi connectivity index (χ1n) is 5.03. The Hall–Kier alpha value is -0.770. The summed E-state index contributed by atoms with van der Waals surface area (Å²) < 4.78 is 10.3. The third-order valence-corrected chi connectivity index (χ3v) is 2.36. The Labute approximate surface area is 84.2 Å². The first kappa shape index (κ1) is 11.3. The summed E-state index contributed by atoms with van der Waals surface area (Å²) in [5.41, 5.74) is -0.645. The molecular weight excluding hydrogens is 184 g/mol. The van der Waals surface area contributed by atoms with Crippen molar-refractivity contribution in [3.63, 3.8) is 0 Å². The average Bonchev–Trinajstić information content (AvgIpc) is 2.02. The molecule has 0 aromatic carbocycles. The topological polar surface area (TPSA) is 55.8 Å². The van der Waals surface area contributed by atoms with E-state index in [4.69, 9.17) is 14.6 Å². The van der Waals surface area contributed by atoms with E-state index in [1.165, 1.54) is 0 Å². The molecule has 4 nitrogen and oxygen atoms in total. The smallest absolute Gasteiger partial charge is 0.450 e. The van der Waals surface area contributed by atoms with E-state index in [-0.39, 0.29) is 6.10 Å². The standard InChI is InChI=1S/C10H18O4/c1-10(2,14-9(11)12)7-8-5-3-4-6-13-8/h8H,3-7H2,1-2H3,(H,11,12). The molecule has 82 valence electrons. The number of hydrogen-bond acceptors (Lipinski definition) is 3. The Morgan fingerprint density at radius 1 is 1.57 bits per heavy atom. The maximum Gasteiger partial charge on any atom is 0.506 e. The molecule has 0 aliphatic carbocycles. The van der Waals surface area contributed by atoms with Crippen LogP contribution in [0.15, 0.2) is 0 Å². The lowest BCUT2D eigenvalue weighted by Crippen LogP contribution is -2.34. The zero-order valence-corrected chi connectivity index (χ0v) is 8.78. The minimum absolute atomic E-state index is 0.151. The summed E-state index contributed by atoms with van der Waals surface area (Å²) in [6, 6.07) is 0. The van der Waals surface area contributed by atoms with Crippen LogP contribution in [0.5, 0.6) is 0 Å². The first-order chi connectivity index (χ1) is 6.49. The summed E-state index contributed by atoms with van der Waals surface area (Å²) in [6.07, 6.45) is 2.85. The molecule has 1 aliphatic heterocycles. The largest absolute Gasteiger partial charge is 0.506 e. The van der Waals surface area contributed by atoms with Crippen LogP contribution in [-0.2, 0) is 9.47 Å². The minimum Gasteiger partial charge on any atom is -0.450 e. The van der Waals surface area contributed by atoms with Gasteiger partial charge in [0.25, 0.3) is 0 Å². The van der Waals surface area contributed by atoms with E-state index in [9.17, 15) is 4.79 Å². The van der Waals surface area contributed by atoms with Gasteiger partial charge in [-0.15, -0.1) is 0 Å². The Balaban J connectivity index is 2.36. The highest BCUT2D eigenvalue weighted by molar-refractivity contribution is 5.57. The lowest BCUT2D eigenvalue weighted by atomic mass is 9.96. The average molecular weight is 202 g/mol. The molecule has 1 atom stereocenters. The number of carbonyl (C=O) groups is 1. The number of rotatable bonds is 3. The van der Waals surface area contributed by atoms with Crippen LogP contribution in [0.2, 0.25) is 0 Å². The molecule has 1 fully saturated rings. The molecule has 0 aromatic rings. The molecule has 14 heavy (non-hydrogen) atoms. The van der Waals surface area contributed by atoms with Gasteiger partial charge in [-0.2, -0.15) is 0 Å². The monoisotopic (exact) mass is 202 g/mol. The van der Waals surface area contributed by atoms with Crippen molar-refractivity contribution >= 4 is 6.16 Å². The quantitative estimate of drug-likeness (QED) is 0.714. The summed E-state index contributed by atoms with van der Waals surface area (Å²) in [6.45, 7) is 4.34. The molecule has 1 N–H and O–H groups in total. The molecule has 1 heterocycles. The van der Waals surface area contributed by atoms with Gasteiger partial charge in [0.1, 0.15) is 5.60 Å². The Kier molecular flexibility index (Phi) is 3.75. The zero-order chi connectivity index (χ0) is 10.6. The molecule has 1 saturated heterocycles. The maximum atomic E-state index is 10.4. The zero-order valence-electron chi connectivity index (χ0n) is 8.78. The fraction of sp³-hybridized carbons (Fsp3) is 0.900. The van der Waals surface area contributed by atoms with E-state index in [1.54, 1.807) is 13.8 Å². The van der Waals surface area contributed by atoms with Crippen LogP contribution in [0, 0.1) is 0 Å². The molecule has 0 spiro atoms. The Morgan fingerprint density at radius 3 is 2.79 bits per heavy atom. The van der Waals surface area contributed by atoms with E-state index in [1.807, 2.05) is 0 Å². The van der Waals surface area contributed by atoms with E-state index in [0.29, 0.717) is 6.42 Å². The summed E-state index contributed by atoms with van der Waals surface area (Å²) in [4.78, 5) is 10.4. The van der Waals surface area contributed by atoms with Gasteiger partial charge in [0.2, 0.25) is 0 Å². The molecule has 0 saturated carbocycles. The minimum atomic E-state index is -1.22. The van der Waals surface area contributed by atoms with Gasteiger partial charge in [-0.3, -0.25) is 0 Å². The first-order valence-corrected chi connectivity index (χ1v) is 5.03. The van der Waals surface area contributed by atoms with Gasteiger partial charge in [-0.1, -0.05) is 0 Å². The lowest BCUT2D eigenvalue weighted by molar-refractivity contribution is -0.0584. The number of hydrogen-bond donors (Lipinski definition) is 1. The third kappa shape index (κ3) is 3.96. The second-order valence-corrected chi connectivity index (χ2v) is 4.32. The SMILES string of the molecule is CC(C)(CC1CCCCO1)OC(=O)O. The van der Waals surface area contributed by atoms with E-state index in [2.05, 4.69) is 0 Å². The Morgan fingerprint density at radius 2 is 2.29 bits per heavy atom. The van der Waals surface area contributed by atoms with Gasteiger partial charge in [0.05, 0.1) is 6.10 Å².